The minimum atomic E-state index is -4.42. The number of rotatable bonds is 4. The Morgan fingerprint density at radius 2 is 2.20 bits per heavy atom. The first-order valence-corrected chi connectivity index (χ1v) is 8.08. The molecule has 0 unspecified atom stereocenters. The number of aromatic nitrogens is 4. The van der Waals surface area contributed by atoms with E-state index in [0.717, 1.165) is 12.6 Å². The van der Waals surface area contributed by atoms with Crippen molar-refractivity contribution < 1.29 is 18.0 Å². The number of aryl methyl sites for hydroxylation is 2. The van der Waals surface area contributed by atoms with Gasteiger partial charge in [0.25, 0.3) is 0 Å². The second kappa shape index (κ2) is 6.53. The number of carbonyl (C=O) groups excluding carboxylic acids is 1. The summed E-state index contributed by atoms with van der Waals surface area (Å²) in [7, 11) is 3.51. The highest BCUT2D eigenvalue weighted by atomic mass is 19.4. The van der Waals surface area contributed by atoms with Crippen LogP contribution in [0.5, 0.6) is 0 Å². The first kappa shape index (κ1) is 17.5. The van der Waals surface area contributed by atoms with E-state index in [4.69, 9.17) is 0 Å². The van der Waals surface area contributed by atoms with Gasteiger partial charge < -0.3 is 9.47 Å². The van der Waals surface area contributed by atoms with Crippen molar-refractivity contribution in [1.29, 1.82) is 0 Å². The van der Waals surface area contributed by atoms with E-state index in [1.54, 1.807) is 40.5 Å². The minimum absolute atomic E-state index is 0.0499. The van der Waals surface area contributed by atoms with Gasteiger partial charge in [-0.05, 0) is 18.4 Å². The van der Waals surface area contributed by atoms with Gasteiger partial charge in [0.15, 0.2) is 5.69 Å². The van der Waals surface area contributed by atoms with Crippen molar-refractivity contribution in [1.82, 2.24) is 24.2 Å². The Morgan fingerprint density at radius 3 is 2.84 bits per heavy atom. The number of halogens is 3. The molecule has 136 valence electrons. The van der Waals surface area contributed by atoms with E-state index in [-0.39, 0.29) is 18.2 Å². The molecule has 3 rings (SSSR count). The molecule has 1 amide bonds. The summed E-state index contributed by atoms with van der Waals surface area (Å²) >= 11 is 0. The normalized spacial score (nSPS) is 17.4. The Hall–Kier alpha value is -2.32. The van der Waals surface area contributed by atoms with Gasteiger partial charge in [-0.3, -0.25) is 9.48 Å². The van der Waals surface area contributed by atoms with Crippen LogP contribution in [0.1, 0.15) is 23.6 Å². The Morgan fingerprint density at radius 1 is 1.44 bits per heavy atom. The Labute approximate surface area is 143 Å². The van der Waals surface area contributed by atoms with Gasteiger partial charge in [0, 0.05) is 46.0 Å². The van der Waals surface area contributed by atoms with Gasteiger partial charge in [0.05, 0.1) is 12.1 Å². The lowest BCUT2D eigenvalue weighted by Crippen LogP contribution is -2.36. The number of likely N-dealkylation sites (N-methyl/N-ethyl adjacent to an activating group) is 1. The topological polar surface area (TPSA) is 56.0 Å². The predicted octanol–water partition coefficient (Wildman–Crippen LogP) is 1.90. The number of alkyl halides is 3. The van der Waals surface area contributed by atoms with Crippen molar-refractivity contribution in [3.05, 3.63) is 35.7 Å². The summed E-state index contributed by atoms with van der Waals surface area (Å²) in [5.41, 5.74) is -0.141. The zero-order valence-corrected chi connectivity index (χ0v) is 14.1. The standard InChI is InChI=1S/C16H20F3N5O/c1-22(15(25)7-12-5-6-23(2)21-12)8-11-3-4-14-20-13(16(17,18)19)10-24(14)9-11/h5-6,10-11H,3-4,7-9H2,1-2H3/t11-/m0/s1. The zero-order chi connectivity index (χ0) is 18.2. The number of hydrogen-bond acceptors (Lipinski definition) is 3. The molecule has 0 saturated heterocycles. The quantitative estimate of drug-likeness (QED) is 0.842. The van der Waals surface area contributed by atoms with Gasteiger partial charge in [0.1, 0.15) is 5.82 Å². The summed E-state index contributed by atoms with van der Waals surface area (Å²) in [6.45, 7) is 0.949. The lowest BCUT2D eigenvalue weighted by atomic mass is 9.99. The van der Waals surface area contributed by atoms with Crippen molar-refractivity contribution in [2.24, 2.45) is 13.0 Å². The van der Waals surface area contributed by atoms with Crippen LogP contribution >= 0.6 is 0 Å². The molecule has 0 fully saturated rings. The van der Waals surface area contributed by atoms with E-state index in [1.165, 1.54) is 0 Å². The highest BCUT2D eigenvalue weighted by molar-refractivity contribution is 5.78. The highest BCUT2D eigenvalue weighted by Crippen LogP contribution is 2.30. The van der Waals surface area contributed by atoms with Crippen molar-refractivity contribution in [3.8, 4) is 0 Å². The number of hydrogen-bond donors (Lipinski definition) is 0. The van der Waals surface area contributed by atoms with Gasteiger partial charge in [0.2, 0.25) is 5.91 Å². The van der Waals surface area contributed by atoms with Gasteiger partial charge >= 0.3 is 6.18 Å². The lowest BCUT2D eigenvalue weighted by molar-refractivity contribution is -0.141. The van der Waals surface area contributed by atoms with Crippen LogP contribution < -0.4 is 0 Å². The molecule has 25 heavy (non-hydrogen) atoms. The van der Waals surface area contributed by atoms with Crippen LogP contribution in [-0.4, -0.2) is 43.7 Å². The average Bonchev–Trinajstić information content (AvgIpc) is 3.12. The number of carbonyl (C=O) groups is 1. The summed E-state index contributed by atoms with van der Waals surface area (Å²) < 4.78 is 41.5. The fraction of sp³-hybridized carbons (Fsp3) is 0.562. The van der Waals surface area contributed by atoms with E-state index in [9.17, 15) is 18.0 Å². The molecule has 0 aliphatic carbocycles. The van der Waals surface area contributed by atoms with Crippen LogP contribution in [0.25, 0.3) is 0 Å². The van der Waals surface area contributed by atoms with Gasteiger partial charge in [-0.15, -0.1) is 0 Å². The third-order valence-electron chi connectivity index (χ3n) is 4.44. The van der Waals surface area contributed by atoms with Crippen LogP contribution in [0.15, 0.2) is 18.5 Å². The Bertz CT molecular complexity index is 764. The summed E-state index contributed by atoms with van der Waals surface area (Å²) in [5.74, 6) is 0.526. The summed E-state index contributed by atoms with van der Waals surface area (Å²) in [6, 6.07) is 1.79. The molecule has 0 spiro atoms. The molecule has 6 nitrogen and oxygen atoms in total. The number of imidazole rings is 1. The molecule has 0 radical (unpaired) electrons. The largest absolute Gasteiger partial charge is 0.434 e. The monoisotopic (exact) mass is 355 g/mol. The molecular formula is C16H20F3N5O. The van der Waals surface area contributed by atoms with E-state index >= 15 is 0 Å². The summed E-state index contributed by atoms with van der Waals surface area (Å²) in [6.07, 6.45) is -0.147. The van der Waals surface area contributed by atoms with Crippen LogP contribution in [0, 0.1) is 5.92 Å². The van der Waals surface area contributed by atoms with E-state index in [2.05, 4.69) is 10.1 Å². The van der Waals surface area contributed by atoms with Crippen molar-refractivity contribution >= 4 is 5.91 Å². The minimum Gasteiger partial charge on any atom is -0.345 e. The van der Waals surface area contributed by atoms with Crippen molar-refractivity contribution in [3.63, 3.8) is 0 Å². The average molecular weight is 355 g/mol. The molecule has 1 aliphatic heterocycles. The predicted molar refractivity (Wildman–Crippen MR) is 83.6 cm³/mol. The van der Waals surface area contributed by atoms with E-state index in [1.807, 2.05) is 0 Å². The van der Waals surface area contributed by atoms with Crippen LogP contribution in [-0.2, 0) is 37.4 Å². The molecule has 0 saturated carbocycles. The maximum Gasteiger partial charge on any atom is 0.434 e. The third-order valence-corrected chi connectivity index (χ3v) is 4.44. The van der Waals surface area contributed by atoms with Gasteiger partial charge in [-0.2, -0.15) is 18.3 Å². The fourth-order valence-electron chi connectivity index (χ4n) is 3.14. The molecule has 0 bridgehead atoms. The second-order valence-corrected chi connectivity index (χ2v) is 6.53. The van der Waals surface area contributed by atoms with Crippen molar-refractivity contribution in [2.75, 3.05) is 13.6 Å². The molecule has 0 N–H and O–H groups in total. The van der Waals surface area contributed by atoms with Crippen molar-refractivity contribution in [2.45, 2.75) is 32.0 Å². The maximum atomic E-state index is 12.8. The number of fused-ring (bicyclic) bond motifs is 1. The number of nitrogens with zero attached hydrogens (tertiary/aromatic N) is 5. The molecule has 9 heteroatoms. The van der Waals surface area contributed by atoms with Crippen LogP contribution in [0.3, 0.4) is 0 Å². The Balaban J connectivity index is 1.58. The highest BCUT2D eigenvalue weighted by Gasteiger charge is 2.36. The van der Waals surface area contributed by atoms with Crippen LogP contribution in [0.4, 0.5) is 13.2 Å². The Kier molecular flexibility index (Phi) is 4.57. The molecule has 3 heterocycles. The molecule has 0 aromatic carbocycles. The number of amides is 1. The maximum absolute atomic E-state index is 12.8. The van der Waals surface area contributed by atoms with E-state index in [0.29, 0.717) is 31.0 Å². The fourth-order valence-corrected chi connectivity index (χ4v) is 3.14. The molecule has 1 aliphatic rings. The lowest BCUT2D eigenvalue weighted by Gasteiger charge is -2.28. The molecule has 2 aromatic rings. The van der Waals surface area contributed by atoms with Crippen LogP contribution in [0.2, 0.25) is 0 Å². The molecule has 1 atom stereocenters. The summed E-state index contributed by atoms with van der Waals surface area (Å²) in [5, 5.41) is 4.19. The third kappa shape index (κ3) is 4.02. The van der Waals surface area contributed by atoms with Gasteiger partial charge in [-0.1, -0.05) is 0 Å². The summed E-state index contributed by atoms with van der Waals surface area (Å²) in [4.78, 5) is 17.6. The first-order valence-electron chi connectivity index (χ1n) is 8.08. The smallest absolute Gasteiger partial charge is 0.345 e. The van der Waals surface area contributed by atoms with E-state index < -0.39 is 11.9 Å². The first-order chi connectivity index (χ1) is 11.7. The molecule has 2 aromatic heterocycles. The van der Waals surface area contributed by atoms with Gasteiger partial charge in [-0.25, -0.2) is 4.98 Å². The SMILES string of the molecule is CN(C[C@@H]1CCc2nc(C(F)(F)F)cn2C1)C(=O)Cc1ccn(C)n1. The zero-order valence-electron chi connectivity index (χ0n) is 14.1. The second-order valence-electron chi connectivity index (χ2n) is 6.53. The molecular weight excluding hydrogens is 335 g/mol.